The van der Waals surface area contributed by atoms with E-state index in [9.17, 15) is 9.59 Å². The fraction of sp³-hybridized carbons (Fsp3) is 0.464. The number of hydrogen-bond acceptors (Lipinski definition) is 4. The lowest BCUT2D eigenvalue weighted by atomic mass is 9.96. The standard InChI is InChI=1S/C28H35ClN4O2/c1-28(2,3)27(35)30-15-7-17-32-16-6-8-22(32)19-33-26(34)24-10-5-4-9-23(24)25(31-33)18-20-11-13-21(29)14-12-20/h4-5,9-14,22H,6-8,15-19H2,1-3H3,(H,30,35)/t22-/m1/s1. The first kappa shape index (κ1) is 25.4. The molecule has 0 spiro atoms. The molecule has 0 aliphatic carbocycles. The third-order valence-corrected chi connectivity index (χ3v) is 6.95. The van der Waals surface area contributed by atoms with E-state index in [4.69, 9.17) is 16.7 Å². The van der Waals surface area contributed by atoms with Crippen LogP contribution in [0.4, 0.5) is 0 Å². The third kappa shape index (κ3) is 6.30. The molecule has 1 saturated heterocycles. The SMILES string of the molecule is CC(C)(C)C(=O)NCCCN1CCC[C@@H]1Cn1nc(Cc2ccc(Cl)cc2)c2ccccc2c1=O. The molecule has 3 aromatic rings. The van der Waals surface area contributed by atoms with E-state index in [1.54, 1.807) is 4.68 Å². The molecule has 186 valence electrons. The largest absolute Gasteiger partial charge is 0.356 e. The van der Waals surface area contributed by atoms with Crippen LogP contribution in [0, 0.1) is 5.41 Å². The summed E-state index contributed by atoms with van der Waals surface area (Å²) in [6, 6.07) is 15.8. The fourth-order valence-corrected chi connectivity index (χ4v) is 4.83. The molecule has 1 aliphatic heterocycles. The van der Waals surface area contributed by atoms with Gasteiger partial charge in [-0.25, -0.2) is 4.68 Å². The number of carbonyl (C=O) groups is 1. The zero-order chi connectivity index (χ0) is 25.0. The van der Waals surface area contributed by atoms with Crippen LogP contribution in [0.1, 0.15) is 51.3 Å². The van der Waals surface area contributed by atoms with E-state index in [1.165, 1.54) is 0 Å². The highest BCUT2D eigenvalue weighted by Crippen LogP contribution is 2.21. The van der Waals surface area contributed by atoms with Crippen molar-refractivity contribution in [3.8, 4) is 0 Å². The maximum atomic E-state index is 13.3. The normalized spacial score (nSPS) is 16.6. The van der Waals surface area contributed by atoms with Crippen molar-refractivity contribution in [2.75, 3.05) is 19.6 Å². The topological polar surface area (TPSA) is 67.2 Å². The molecule has 1 atom stereocenters. The quantitative estimate of drug-likeness (QED) is 0.462. The second-order valence-electron chi connectivity index (χ2n) is 10.5. The van der Waals surface area contributed by atoms with Gasteiger partial charge in [0.05, 0.1) is 17.6 Å². The summed E-state index contributed by atoms with van der Waals surface area (Å²) in [5.41, 5.74) is 1.60. The smallest absolute Gasteiger partial charge is 0.274 e. The van der Waals surface area contributed by atoms with Crippen molar-refractivity contribution in [2.45, 2.75) is 59.0 Å². The van der Waals surface area contributed by atoms with Gasteiger partial charge >= 0.3 is 0 Å². The summed E-state index contributed by atoms with van der Waals surface area (Å²) in [7, 11) is 0. The van der Waals surface area contributed by atoms with Crippen LogP contribution in [0.15, 0.2) is 53.3 Å². The second-order valence-corrected chi connectivity index (χ2v) is 10.9. The molecule has 1 aromatic heterocycles. The predicted molar refractivity (Wildman–Crippen MR) is 142 cm³/mol. The number of fused-ring (bicyclic) bond motifs is 1. The van der Waals surface area contributed by atoms with E-state index in [0.29, 0.717) is 29.9 Å². The molecule has 1 amide bonds. The van der Waals surface area contributed by atoms with Gasteiger partial charge in [0.15, 0.2) is 0 Å². The zero-order valence-electron chi connectivity index (χ0n) is 20.9. The Kier molecular flexibility index (Phi) is 7.92. The molecule has 0 radical (unpaired) electrons. The second kappa shape index (κ2) is 10.9. The van der Waals surface area contributed by atoms with Crippen LogP contribution in [0.5, 0.6) is 0 Å². The van der Waals surface area contributed by atoms with Crippen molar-refractivity contribution in [3.05, 3.63) is 75.2 Å². The van der Waals surface area contributed by atoms with Gasteiger partial charge in [-0.2, -0.15) is 5.10 Å². The number of hydrogen-bond donors (Lipinski definition) is 1. The van der Waals surface area contributed by atoms with Gasteiger partial charge in [0.2, 0.25) is 5.91 Å². The van der Waals surface area contributed by atoms with Gasteiger partial charge in [-0.1, -0.05) is 62.7 Å². The number of benzene rings is 2. The van der Waals surface area contributed by atoms with Crippen molar-refractivity contribution in [2.24, 2.45) is 5.41 Å². The Morgan fingerprint density at radius 2 is 1.83 bits per heavy atom. The number of likely N-dealkylation sites (tertiary alicyclic amines) is 1. The maximum absolute atomic E-state index is 13.3. The van der Waals surface area contributed by atoms with Crippen molar-refractivity contribution >= 4 is 28.3 Å². The summed E-state index contributed by atoms with van der Waals surface area (Å²) < 4.78 is 1.66. The monoisotopic (exact) mass is 494 g/mol. The molecular weight excluding hydrogens is 460 g/mol. The highest BCUT2D eigenvalue weighted by atomic mass is 35.5. The molecule has 2 aromatic carbocycles. The van der Waals surface area contributed by atoms with Gasteiger partial charge in [-0.3, -0.25) is 14.5 Å². The van der Waals surface area contributed by atoms with Crippen molar-refractivity contribution < 1.29 is 4.79 Å². The average Bonchev–Trinajstić information content (AvgIpc) is 3.27. The molecule has 1 fully saturated rings. The summed E-state index contributed by atoms with van der Waals surface area (Å²) in [6.45, 7) is 8.92. The third-order valence-electron chi connectivity index (χ3n) is 6.70. The van der Waals surface area contributed by atoms with Crippen LogP contribution >= 0.6 is 11.6 Å². The number of aromatic nitrogens is 2. The number of nitrogens with zero attached hydrogens (tertiary/aromatic N) is 3. The Labute approximate surface area is 212 Å². The van der Waals surface area contributed by atoms with Crippen molar-refractivity contribution in [3.63, 3.8) is 0 Å². The van der Waals surface area contributed by atoms with Crippen LogP contribution in [-0.2, 0) is 17.8 Å². The van der Waals surface area contributed by atoms with Crippen LogP contribution in [-0.4, -0.2) is 46.3 Å². The van der Waals surface area contributed by atoms with Crippen LogP contribution < -0.4 is 10.9 Å². The van der Waals surface area contributed by atoms with Gasteiger partial charge in [-0.15, -0.1) is 0 Å². The Morgan fingerprint density at radius 3 is 2.54 bits per heavy atom. The molecule has 6 nitrogen and oxygen atoms in total. The van der Waals surface area contributed by atoms with E-state index in [-0.39, 0.29) is 22.9 Å². The van der Waals surface area contributed by atoms with E-state index < -0.39 is 0 Å². The minimum Gasteiger partial charge on any atom is -0.356 e. The van der Waals surface area contributed by atoms with Crippen LogP contribution in [0.2, 0.25) is 5.02 Å². The number of rotatable bonds is 8. The number of halogens is 1. The Hall–Kier alpha value is -2.70. The lowest BCUT2D eigenvalue weighted by Crippen LogP contribution is -2.40. The number of carbonyl (C=O) groups excluding carboxylic acids is 1. The molecule has 1 aliphatic rings. The van der Waals surface area contributed by atoms with E-state index in [1.807, 2.05) is 69.3 Å². The number of nitrogens with one attached hydrogen (secondary N) is 1. The first-order valence-corrected chi connectivity index (χ1v) is 12.9. The molecule has 0 bridgehead atoms. The van der Waals surface area contributed by atoms with E-state index >= 15 is 0 Å². The molecule has 35 heavy (non-hydrogen) atoms. The predicted octanol–water partition coefficient (Wildman–Crippen LogP) is 4.66. The zero-order valence-corrected chi connectivity index (χ0v) is 21.6. The molecule has 7 heteroatoms. The molecule has 0 saturated carbocycles. The van der Waals surface area contributed by atoms with Crippen LogP contribution in [0.25, 0.3) is 10.8 Å². The van der Waals surface area contributed by atoms with Gasteiger partial charge < -0.3 is 5.32 Å². The van der Waals surface area contributed by atoms with Gasteiger partial charge in [0.1, 0.15) is 0 Å². The molecule has 2 heterocycles. The average molecular weight is 495 g/mol. The van der Waals surface area contributed by atoms with E-state index in [0.717, 1.165) is 49.0 Å². The molecule has 0 unspecified atom stereocenters. The summed E-state index contributed by atoms with van der Waals surface area (Å²) in [4.78, 5) is 27.9. The first-order chi connectivity index (χ1) is 16.7. The van der Waals surface area contributed by atoms with Gasteiger partial charge in [0.25, 0.3) is 5.56 Å². The molecular formula is C28H35ClN4O2. The Balaban J connectivity index is 1.49. The van der Waals surface area contributed by atoms with E-state index in [2.05, 4.69) is 10.2 Å². The highest BCUT2D eigenvalue weighted by molar-refractivity contribution is 6.30. The Bertz CT molecular complexity index is 1230. The molecule has 1 N–H and O–H groups in total. The van der Waals surface area contributed by atoms with Crippen LogP contribution in [0.3, 0.4) is 0 Å². The van der Waals surface area contributed by atoms with Gasteiger partial charge in [0, 0.05) is 41.4 Å². The minimum absolute atomic E-state index is 0.0373. The molecule has 4 rings (SSSR count). The first-order valence-electron chi connectivity index (χ1n) is 12.5. The summed E-state index contributed by atoms with van der Waals surface area (Å²) in [5.74, 6) is 0.0793. The number of amides is 1. The van der Waals surface area contributed by atoms with Gasteiger partial charge in [-0.05, 0) is 49.6 Å². The summed E-state index contributed by atoms with van der Waals surface area (Å²) in [5, 5.41) is 10.2. The summed E-state index contributed by atoms with van der Waals surface area (Å²) >= 11 is 6.06. The summed E-state index contributed by atoms with van der Waals surface area (Å²) in [6.07, 6.45) is 3.68. The Morgan fingerprint density at radius 1 is 1.11 bits per heavy atom. The maximum Gasteiger partial charge on any atom is 0.274 e. The van der Waals surface area contributed by atoms with Crippen molar-refractivity contribution in [1.29, 1.82) is 0 Å². The fourth-order valence-electron chi connectivity index (χ4n) is 4.70. The lowest BCUT2D eigenvalue weighted by Gasteiger charge is -2.25. The highest BCUT2D eigenvalue weighted by Gasteiger charge is 2.26. The minimum atomic E-state index is -0.372. The lowest BCUT2D eigenvalue weighted by molar-refractivity contribution is -0.128. The van der Waals surface area contributed by atoms with Crippen molar-refractivity contribution in [1.82, 2.24) is 20.0 Å².